The number of aliphatic hydroxyl groups excluding tert-OH is 6. The average Bonchev–Trinajstić information content (AvgIpc) is 2.67. The zero-order valence-corrected chi connectivity index (χ0v) is 15.6. The maximum atomic E-state index is 10.1. The molecule has 0 aliphatic carbocycles. The summed E-state index contributed by atoms with van der Waals surface area (Å²) in [4.78, 5) is 0. The molecule has 2 saturated heterocycles. The molecule has 8 N–H and O–H groups in total. The van der Waals surface area contributed by atoms with Crippen molar-refractivity contribution in [1.29, 1.82) is 0 Å². The second-order valence-corrected chi connectivity index (χ2v) is 7.34. The summed E-state index contributed by atoms with van der Waals surface area (Å²) in [6.45, 7) is 3.18. The highest BCUT2D eigenvalue weighted by molar-refractivity contribution is 5.57. The third kappa shape index (κ3) is 4.24. The van der Waals surface area contributed by atoms with Crippen molar-refractivity contribution in [2.45, 2.75) is 75.1 Å². The van der Waals surface area contributed by atoms with Crippen LogP contribution in [0.25, 0.3) is 0 Å². The maximum Gasteiger partial charge on any atom is 0.157 e. The molecule has 2 aliphatic heterocycles. The number of hydrogen-bond donors (Lipinski definition) is 8. The molecule has 10 heteroatoms. The van der Waals surface area contributed by atoms with Gasteiger partial charge in [0.2, 0.25) is 0 Å². The number of hydrogen-bond acceptors (Lipinski definition) is 10. The molecule has 10 atom stereocenters. The SMILES string of the molecule is C[C@@H]1O[C@H](Nc2cccc(N[C@@H]3O[C@H](C)[C@H](O)[C@H](O)[C@@H]3O)c2)[C@H](O)[C@@H](O)[C@H]1O. The van der Waals surface area contributed by atoms with Crippen LogP contribution < -0.4 is 10.6 Å². The lowest BCUT2D eigenvalue weighted by atomic mass is 9.98. The lowest BCUT2D eigenvalue weighted by Crippen LogP contribution is -2.59. The van der Waals surface area contributed by atoms with Crippen molar-refractivity contribution in [3.05, 3.63) is 24.3 Å². The summed E-state index contributed by atoms with van der Waals surface area (Å²) in [5.41, 5.74) is 1.09. The van der Waals surface area contributed by atoms with Crippen LogP contribution in [-0.4, -0.2) is 91.9 Å². The van der Waals surface area contributed by atoms with Crippen LogP contribution in [0.1, 0.15) is 13.8 Å². The molecule has 28 heavy (non-hydrogen) atoms. The van der Waals surface area contributed by atoms with Crippen molar-refractivity contribution in [2.24, 2.45) is 0 Å². The third-order valence-electron chi connectivity index (χ3n) is 5.18. The Morgan fingerprint density at radius 3 is 1.43 bits per heavy atom. The standard InChI is InChI=1S/C18H28N2O8/c1-7-11(21)13(23)15(25)17(27-7)19-9-4-3-5-10(6-9)20-18-16(26)14(24)12(22)8(2)28-18/h3-8,11-26H,1-2H3/t7-,8+,11-,12-,13-,14-,15+,16-,17-,18+/m0/s1. The minimum Gasteiger partial charge on any atom is -0.388 e. The average molecular weight is 400 g/mol. The van der Waals surface area contributed by atoms with Crippen molar-refractivity contribution >= 4 is 11.4 Å². The van der Waals surface area contributed by atoms with Gasteiger partial charge in [-0.3, -0.25) is 0 Å². The summed E-state index contributed by atoms with van der Waals surface area (Å²) in [5, 5.41) is 65.5. The van der Waals surface area contributed by atoms with Crippen LogP contribution in [0.5, 0.6) is 0 Å². The van der Waals surface area contributed by atoms with E-state index in [4.69, 9.17) is 9.47 Å². The highest BCUT2D eigenvalue weighted by atomic mass is 16.6. The van der Waals surface area contributed by atoms with Gasteiger partial charge in [0, 0.05) is 11.4 Å². The summed E-state index contributed by atoms with van der Waals surface area (Å²) in [5.74, 6) is 0. The highest BCUT2D eigenvalue weighted by Gasteiger charge is 2.43. The molecular weight excluding hydrogens is 372 g/mol. The number of benzene rings is 1. The Kier molecular flexibility index (Phi) is 6.42. The van der Waals surface area contributed by atoms with E-state index in [0.717, 1.165) is 0 Å². The summed E-state index contributed by atoms with van der Waals surface area (Å²) >= 11 is 0. The Labute approximate surface area is 162 Å². The Hall–Kier alpha value is -1.50. The molecule has 10 nitrogen and oxygen atoms in total. The van der Waals surface area contributed by atoms with Crippen molar-refractivity contribution in [3.63, 3.8) is 0 Å². The molecule has 0 aromatic heterocycles. The second kappa shape index (κ2) is 8.47. The fourth-order valence-corrected chi connectivity index (χ4v) is 3.37. The summed E-state index contributed by atoms with van der Waals surface area (Å²) in [7, 11) is 0. The molecule has 0 saturated carbocycles. The van der Waals surface area contributed by atoms with E-state index in [2.05, 4.69) is 10.6 Å². The predicted molar refractivity (Wildman–Crippen MR) is 98.4 cm³/mol. The smallest absolute Gasteiger partial charge is 0.157 e. The molecule has 2 heterocycles. The largest absolute Gasteiger partial charge is 0.388 e. The van der Waals surface area contributed by atoms with E-state index >= 15 is 0 Å². The third-order valence-corrected chi connectivity index (χ3v) is 5.18. The van der Waals surface area contributed by atoms with Crippen LogP contribution in [0.2, 0.25) is 0 Å². The van der Waals surface area contributed by atoms with Crippen LogP contribution in [0, 0.1) is 0 Å². The molecule has 3 rings (SSSR count). The number of rotatable bonds is 4. The van der Waals surface area contributed by atoms with Gasteiger partial charge in [-0.05, 0) is 32.0 Å². The van der Waals surface area contributed by atoms with Gasteiger partial charge >= 0.3 is 0 Å². The molecular formula is C18H28N2O8. The quantitative estimate of drug-likeness (QED) is 0.288. The van der Waals surface area contributed by atoms with E-state index in [9.17, 15) is 30.6 Å². The molecule has 1 aromatic carbocycles. The topological polar surface area (TPSA) is 164 Å². The number of aliphatic hydroxyl groups is 6. The zero-order valence-electron chi connectivity index (χ0n) is 15.6. The van der Waals surface area contributed by atoms with Gasteiger partial charge in [-0.25, -0.2) is 0 Å². The van der Waals surface area contributed by atoms with Crippen LogP contribution in [-0.2, 0) is 9.47 Å². The van der Waals surface area contributed by atoms with Gasteiger partial charge in [0.1, 0.15) is 36.6 Å². The summed E-state index contributed by atoms with van der Waals surface area (Å²) in [6, 6.07) is 6.79. The van der Waals surface area contributed by atoms with Gasteiger partial charge in [-0.15, -0.1) is 0 Å². The van der Waals surface area contributed by atoms with Gasteiger partial charge in [0.15, 0.2) is 12.5 Å². The van der Waals surface area contributed by atoms with E-state index in [0.29, 0.717) is 11.4 Å². The van der Waals surface area contributed by atoms with Crippen LogP contribution >= 0.6 is 0 Å². The van der Waals surface area contributed by atoms with Crippen LogP contribution in [0.4, 0.5) is 11.4 Å². The van der Waals surface area contributed by atoms with Crippen molar-refractivity contribution in [1.82, 2.24) is 0 Å². The van der Waals surface area contributed by atoms with Gasteiger partial charge in [-0.1, -0.05) is 6.07 Å². The lowest BCUT2D eigenvalue weighted by Gasteiger charge is -2.40. The van der Waals surface area contributed by atoms with E-state index in [-0.39, 0.29) is 0 Å². The molecule has 0 spiro atoms. The Morgan fingerprint density at radius 2 is 1.04 bits per heavy atom. The van der Waals surface area contributed by atoms with Crippen molar-refractivity contribution in [2.75, 3.05) is 10.6 Å². The zero-order chi connectivity index (χ0) is 20.6. The molecule has 1 aromatic rings. The van der Waals surface area contributed by atoms with Crippen LogP contribution in [0.15, 0.2) is 24.3 Å². The minimum atomic E-state index is -1.34. The monoisotopic (exact) mass is 400 g/mol. The molecule has 0 unspecified atom stereocenters. The van der Waals surface area contributed by atoms with Crippen LogP contribution in [0.3, 0.4) is 0 Å². The maximum absolute atomic E-state index is 10.1. The minimum absolute atomic E-state index is 0.545. The van der Waals surface area contributed by atoms with Crippen molar-refractivity contribution < 1.29 is 40.1 Å². The fraction of sp³-hybridized carbons (Fsp3) is 0.667. The summed E-state index contributed by atoms with van der Waals surface area (Å²) < 4.78 is 11.0. The van der Waals surface area contributed by atoms with Crippen molar-refractivity contribution in [3.8, 4) is 0 Å². The highest BCUT2D eigenvalue weighted by Crippen LogP contribution is 2.26. The number of ether oxygens (including phenoxy) is 2. The first-order chi connectivity index (χ1) is 13.2. The first kappa shape index (κ1) is 21.2. The first-order valence-corrected chi connectivity index (χ1v) is 9.21. The Balaban J connectivity index is 1.67. The summed E-state index contributed by atoms with van der Waals surface area (Å²) in [6.07, 6.45) is -10.9. The first-order valence-electron chi connectivity index (χ1n) is 9.21. The second-order valence-electron chi connectivity index (χ2n) is 7.34. The molecule has 2 fully saturated rings. The Morgan fingerprint density at radius 1 is 0.643 bits per heavy atom. The van der Waals surface area contributed by atoms with Gasteiger partial charge in [-0.2, -0.15) is 0 Å². The Bertz CT molecular complexity index is 613. The van der Waals surface area contributed by atoms with Gasteiger partial charge in [0.25, 0.3) is 0 Å². The fourth-order valence-electron chi connectivity index (χ4n) is 3.37. The van der Waals surface area contributed by atoms with E-state index in [1.165, 1.54) is 0 Å². The lowest BCUT2D eigenvalue weighted by molar-refractivity contribution is -0.209. The predicted octanol–water partition coefficient (Wildman–Crippen LogP) is -1.83. The van der Waals surface area contributed by atoms with Gasteiger partial charge in [0.05, 0.1) is 12.2 Å². The van der Waals surface area contributed by atoms with E-state index < -0.39 is 61.3 Å². The molecule has 2 aliphatic rings. The van der Waals surface area contributed by atoms with Gasteiger partial charge < -0.3 is 50.7 Å². The van der Waals surface area contributed by atoms with E-state index in [1.807, 2.05) is 0 Å². The number of nitrogens with one attached hydrogen (secondary N) is 2. The molecule has 0 bridgehead atoms. The number of anilines is 2. The molecule has 0 radical (unpaired) electrons. The molecule has 0 amide bonds. The normalized spacial score (nSPS) is 44.1. The molecule has 158 valence electrons. The van der Waals surface area contributed by atoms with E-state index in [1.54, 1.807) is 38.1 Å².